The Morgan fingerprint density at radius 1 is 0.857 bits per heavy atom. The van der Waals surface area contributed by atoms with Gasteiger partial charge in [0.2, 0.25) is 0 Å². The molecule has 0 aliphatic rings. The van der Waals surface area contributed by atoms with E-state index in [0.29, 0.717) is 6.42 Å². The van der Waals surface area contributed by atoms with Gasteiger partial charge < -0.3 is 4.79 Å². The lowest BCUT2D eigenvalue weighted by atomic mass is 10.2. The van der Waals surface area contributed by atoms with Gasteiger partial charge in [-0.25, -0.2) is 0 Å². The van der Waals surface area contributed by atoms with Gasteiger partial charge in [-0.1, -0.05) is 36.5 Å². The maximum atomic E-state index is 9.98. The maximum absolute atomic E-state index is 9.98. The first-order valence-electron chi connectivity index (χ1n) is 5.28. The number of allylic oxidation sites excluding steroid dienone is 6. The molecule has 0 aromatic rings. The molecule has 0 aromatic carbocycles. The molecule has 0 saturated carbocycles. The predicted molar refractivity (Wildman–Crippen MR) is 62.2 cm³/mol. The van der Waals surface area contributed by atoms with Crippen molar-refractivity contribution in [2.75, 3.05) is 0 Å². The van der Waals surface area contributed by atoms with Gasteiger partial charge in [-0.15, -0.1) is 0 Å². The molecule has 14 heavy (non-hydrogen) atoms. The van der Waals surface area contributed by atoms with Gasteiger partial charge in [-0.05, 0) is 32.6 Å². The van der Waals surface area contributed by atoms with E-state index in [1.54, 1.807) is 0 Å². The van der Waals surface area contributed by atoms with Gasteiger partial charge in [-0.3, -0.25) is 0 Å². The van der Waals surface area contributed by atoms with Crippen LogP contribution in [0.3, 0.4) is 0 Å². The van der Waals surface area contributed by atoms with Crippen molar-refractivity contribution in [2.45, 2.75) is 39.0 Å². The summed E-state index contributed by atoms with van der Waals surface area (Å²) in [7, 11) is 0. The van der Waals surface area contributed by atoms with Crippen LogP contribution in [-0.2, 0) is 4.79 Å². The van der Waals surface area contributed by atoms with Crippen LogP contribution in [0, 0.1) is 0 Å². The highest BCUT2D eigenvalue weighted by molar-refractivity contribution is 5.49. The standard InChI is InChI=1S/C13H20O/c1-2-3-4-5-6-7-8-9-10-11-12-13-14/h2-3,7-10,13H,4-6,11-12H2,1H3/b3-2+,8-7+,10-9+. The van der Waals surface area contributed by atoms with Gasteiger partial charge >= 0.3 is 0 Å². The fraction of sp³-hybridized carbons (Fsp3) is 0.462. The minimum Gasteiger partial charge on any atom is -0.303 e. The zero-order chi connectivity index (χ0) is 10.5. The average Bonchev–Trinajstić information content (AvgIpc) is 2.21. The van der Waals surface area contributed by atoms with E-state index >= 15 is 0 Å². The molecule has 0 aliphatic heterocycles. The molecule has 1 nitrogen and oxygen atoms in total. The van der Waals surface area contributed by atoms with Crippen LogP contribution in [0.1, 0.15) is 39.0 Å². The van der Waals surface area contributed by atoms with Crippen LogP contribution in [0.15, 0.2) is 36.5 Å². The fourth-order valence-electron chi connectivity index (χ4n) is 1.03. The Bertz CT molecular complexity index is 199. The van der Waals surface area contributed by atoms with Crippen molar-refractivity contribution in [3.63, 3.8) is 0 Å². The molecule has 0 radical (unpaired) electrons. The molecule has 0 N–H and O–H groups in total. The Balaban J connectivity index is 3.26. The first kappa shape index (κ1) is 12.9. The molecule has 1 heteroatoms. The van der Waals surface area contributed by atoms with Crippen molar-refractivity contribution in [3.05, 3.63) is 36.5 Å². The first-order chi connectivity index (χ1) is 6.91. The second kappa shape index (κ2) is 11.9. The molecule has 0 heterocycles. The smallest absolute Gasteiger partial charge is 0.120 e. The van der Waals surface area contributed by atoms with Gasteiger partial charge in [0, 0.05) is 6.42 Å². The summed E-state index contributed by atoms with van der Waals surface area (Å²) in [6, 6.07) is 0. The quantitative estimate of drug-likeness (QED) is 0.247. The molecular weight excluding hydrogens is 172 g/mol. The van der Waals surface area contributed by atoms with E-state index < -0.39 is 0 Å². The van der Waals surface area contributed by atoms with Crippen LogP contribution in [0.2, 0.25) is 0 Å². The number of unbranched alkanes of at least 4 members (excludes halogenated alkanes) is 3. The SMILES string of the molecule is C/C=C/CCC/C=C/C=C/CCC=O. The van der Waals surface area contributed by atoms with Crippen LogP contribution in [0.4, 0.5) is 0 Å². The van der Waals surface area contributed by atoms with E-state index in [1.165, 1.54) is 6.42 Å². The summed E-state index contributed by atoms with van der Waals surface area (Å²) in [4.78, 5) is 9.98. The third kappa shape index (κ3) is 10.9. The third-order valence-corrected chi connectivity index (χ3v) is 1.81. The highest BCUT2D eigenvalue weighted by Crippen LogP contribution is 1.98. The first-order valence-corrected chi connectivity index (χ1v) is 5.28. The van der Waals surface area contributed by atoms with Gasteiger partial charge in [0.1, 0.15) is 6.29 Å². The predicted octanol–water partition coefficient (Wildman–Crippen LogP) is 3.82. The molecule has 0 aliphatic carbocycles. The summed E-state index contributed by atoms with van der Waals surface area (Å²) in [5.74, 6) is 0. The Labute approximate surface area is 87.2 Å². The van der Waals surface area contributed by atoms with Gasteiger partial charge in [0.15, 0.2) is 0 Å². The number of carbonyl (C=O) groups is 1. The van der Waals surface area contributed by atoms with Crippen molar-refractivity contribution in [1.29, 1.82) is 0 Å². The van der Waals surface area contributed by atoms with Crippen LogP contribution in [0.5, 0.6) is 0 Å². The molecule has 0 amide bonds. The second-order valence-electron chi connectivity index (χ2n) is 3.10. The van der Waals surface area contributed by atoms with Gasteiger partial charge in [0.05, 0.1) is 0 Å². The largest absolute Gasteiger partial charge is 0.303 e. The zero-order valence-electron chi connectivity index (χ0n) is 8.99. The molecule has 0 saturated heterocycles. The van der Waals surface area contributed by atoms with Crippen LogP contribution in [-0.4, -0.2) is 6.29 Å². The van der Waals surface area contributed by atoms with Crippen molar-refractivity contribution in [1.82, 2.24) is 0 Å². The van der Waals surface area contributed by atoms with E-state index in [1.807, 2.05) is 19.1 Å². The topological polar surface area (TPSA) is 17.1 Å². The van der Waals surface area contributed by atoms with Gasteiger partial charge in [0.25, 0.3) is 0 Å². The van der Waals surface area contributed by atoms with Crippen LogP contribution in [0.25, 0.3) is 0 Å². The summed E-state index contributed by atoms with van der Waals surface area (Å²) < 4.78 is 0. The molecule has 0 spiro atoms. The third-order valence-electron chi connectivity index (χ3n) is 1.81. The van der Waals surface area contributed by atoms with E-state index in [9.17, 15) is 4.79 Å². The molecule has 0 rings (SSSR count). The van der Waals surface area contributed by atoms with E-state index in [2.05, 4.69) is 24.3 Å². The number of carbonyl (C=O) groups excluding carboxylic acids is 1. The minimum atomic E-state index is 0.631. The monoisotopic (exact) mass is 192 g/mol. The average molecular weight is 192 g/mol. The number of hydrogen-bond donors (Lipinski definition) is 0. The van der Waals surface area contributed by atoms with E-state index in [-0.39, 0.29) is 0 Å². The summed E-state index contributed by atoms with van der Waals surface area (Å²) in [6.07, 6.45) is 18.5. The number of aldehydes is 1. The molecule has 0 unspecified atom stereocenters. The normalized spacial score (nSPS) is 12.1. The summed E-state index contributed by atoms with van der Waals surface area (Å²) >= 11 is 0. The van der Waals surface area contributed by atoms with Crippen molar-refractivity contribution in [2.24, 2.45) is 0 Å². The molecule has 0 fully saturated rings. The fourth-order valence-corrected chi connectivity index (χ4v) is 1.03. The maximum Gasteiger partial charge on any atom is 0.120 e. The lowest BCUT2D eigenvalue weighted by Crippen LogP contribution is -1.70. The lowest BCUT2D eigenvalue weighted by molar-refractivity contribution is -0.107. The van der Waals surface area contributed by atoms with Crippen molar-refractivity contribution < 1.29 is 4.79 Å². The lowest BCUT2D eigenvalue weighted by Gasteiger charge is -1.88. The molecule has 78 valence electrons. The Morgan fingerprint density at radius 3 is 2.14 bits per heavy atom. The van der Waals surface area contributed by atoms with Crippen molar-refractivity contribution in [3.8, 4) is 0 Å². The van der Waals surface area contributed by atoms with E-state index in [0.717, 1.165) is 25.5 Å². The Kier molecular flexibility index (Phi) is 10.9. The summed E-state index contributed by atoms with van der Waals surface area (Å²) in [5.41, 5.74) is 0. The number of hydrogen-bond acceptors (Lipinski definition) is 1. The van der Waals surface area contributed by atoms with E-state index in [4.69, 9.17) is 0 Å². The van der Waals surface area contributed by atoms with Crippen molar-refractivity contribution >= 4 is 6.29 Å². The Hall–Kier alpha value is -1.11. The zero-order valence-corrected chi connectivity index (χ0v) is 8.99. The highest BCUT2D eigenvalue weighted by Gasteiger charge is 1.78. The minimum absolute atomic E-state index is 0.631. The second-order valence-corrected chi connectivity index (χ2v) is 3.10. The molecular formula is C13H20O. The van der Waals surface area contributed by atoms with Crippen LogP contribution < -0.4 is 0 Å². The highest BCUT2D eigenvalue weighted by atomic mass is 16.1. The van der Waals surface area contributed by atoms with Gasteiger partial charge in [-0.2, -0.15) is 0 Å². The molecule has 0 aromatic heterocycles. The Morgan fingerprint density at radius 2 is 1.50 bits per heavy atom. The summed E-state index contributed by atoms with van der Waals surface area (Å²) in [5, 5.41) is 0. The number of rotatable bonds is 8. The molecule has 0 bridgehead atoms. The summed E-state index contributed by atoms with van der Waals surface area (Å²) in [6.45, 7) is 2.05. The van der Waals surface area contributed by atoms with Crippen LogP contribution >= 0.6 is 0 Å². The molecule has 0 atom stereocenters.